The molecule has 1 aromatic carbocycles. The molecule has 4 atom stereocenters. The van der Waals surface area contributed by atoms with Crippen LogP contribution in [0.5, 0.6) is 5.75 Å². The Bertz CT molecular complexity index is 1070. The number of rotatable bonds is 8. The van der Waals surface area contributed by atoms with Gasteiger partial charge in [-0.15, -0.1) is 0 Å². The van der Waals surface area contributed by atoms with Crippen molar-refractivity contribution in [3.05, 3.63) is 29.8 Å². The van der Waals surface area contributed by atoms with Gasteiger partial charge in [0.1, 0.15) is 17.0 Å². The molecule has 1 amide bonds. The van der Waals surface area contributed by atoms with E-state index in [1.807, 2.05) is 24.3 Å². The normalized spacial score (nSPS) is 23.8. The monoisotopic (exact) mass is 591 g/mol. The first-order chi connectivity index (χ1) is 19.5. The van der Waals surface area contributed by atoms with Crippen LogP contribution in [0.3, 0.4) is 0 Å². The van der Waals surface area contributed by atoms with Crippen LogP contribution in [0.2, 0.25) is 0 Å². The number of amides is 1. The standard InChI is InChI=1S/C31H49N3O8/c1-30(2,3)41-28(36)34-20-25(39-29(37)42-31(4,5)6)27(24(34)18-21-10-13-23(38-9)14-11-21)40-26(35)15-12-22-19-32(7)16-17-33(22)8/h10-11,13-14,22,24-25,27H,12,15-20H2,1-9H3/t22-,24+,25-,27-/m0/s1. The number of hydrogen-bond acceptors (Lipinski definition) is 10. The van der Waals surface area contributed by atoms with Gasteiger partial charge in [-0.2, -0.15) is 0 Å². The molecule has 0 bridgehead atoms. The Morgan fingerprint density at radius 2 is 1.52 bits per heavy atom. The van der Waals surface area contributed by atoms with Gasteiger partial charge in [-0.1, -0.05) is 12.1 Å². The Hall–Kier alpha value is -3.05. The van der Waals surface area contributed by atoms with E-state index in [-0.39, 0.29) is 19.0 Å². The Labute approximate surface area is 250 Å². The van der Waals surface area contributed by atoms with Gasteiger partial charge in [0.25, 0.3) is 0 Å². The quantitative estimate of drug-likeness (QED) is 0.324. The molecule has 0 saturated carbocycles. The number of nitrogens with zero attached hydrogens (tertiary/aromatic N) is 3. The van der Waals surface area contributed by atoms with Crippen molar-refractivity contribution in [3.63, 3.8) is 0 Å². The summed E-state index contributed by atoms with van der Waals surface area (Å²) in [6, 6.07) is 7.02. The molecule has 2 heterocycles. The van der Waals surface area contributed by atoms with Crippen molar-refractivity contribution in [1.82, 2.24) is 14.7 Å². The van der Waals surface area contributed by atoms with Crippen molar-refractivity contribution >= 4 is 18.2 Å². The van der Waals surface area contributed by atoms with Gasteiger partial charge in [-0.25, -0.2) is 9.59 Å². The molecule has 0 spiro atoms. The van der Waals surface area contributed by atoms with Crippen molar-refractivity contribution in [2.45, 2.75) is 96.3 Å². The third-order valence-electron chi connectivity index (χ3n) is 7.32. The van der Waals surface area contributed by atoms with Crippen molar-refractivity contribution < 1.29 is 38.1 Å². The Morgan fingerprint density at radius 3 is 2.12 bits per heavy atom. The third-order valence-corrected chi connectivity index (χ3v) is 7.32. The van der Waals surface area contributed by atoms with Crippen LogP contribution < -0.4 is 4.74 Å². The zero-order valence-electron chi connectivity index (χ0n) is 26.7. The summed E-state index contributed by atoms with van der Waals surface area (Å²) in [6.45, 7) is 13.3. The number of ether oxygens (including phenoxy) is 5. The maximum atomic E-state index is 13.4. The summed E-state index contributed by atoms with van der Waals surface area (Å²) in [5.74, 6) is 0.284. The summed E-state index contributed by atoms with van der Waals surface area (Å²) < 4.78 is 28.2. The van der Waals surface area contributed by atoms with Gasteiger partial charge in [-0.3, -0.25) is 9.69 Å². The molecule has 11 heteroatoms. The Morgan fingerprint density at radius 1 is 0.881 bits per heavy atom. The maximum absolute atomic E-state index is 13.4. The fraction of sp³-hybridized carbons (Fsp3) is 0.710. The van der Waals surface area contributed by atoms with Gasteiger partial charge in [0.15, 0.2) is 12.2 Å². The van der Waals surface area contributed by atoms with Gasteiger partial charge in [0, 0.05) is 32.1 Å². The molecule has 0 unspecified atom stereocenters. The van der Waals surface area contributed by atoms with Crippen LogP contribution >= 0.6 is 0 Å². The van der Waals surface area contributed by atoms with Crippen molar-refractivity contribution in [3.8, 4) is 5.75 Å². The van der Waals surface area contributed by atoms with Gasteiger partial charge >= 0.3 is 18.2 Å². The van der Waals surface area contributed by atoms with Crippen LogP contribution in [-0.2, 0) is 30.2 Å². The fourth-order valence-electron chi connectivity index (χ4n) is 5.18. The lowest BCUT2D eigenvalue weighted by Crippen LogP contribution is -2.50. The number of piperazine rings is 1. The highest BCUT2D eigenvalue weighted by Gasteiger charge is 2.50. The zero-order chi connectivity index (χ0) is 31.2. The number of likely N-dealkylation sites (tertiary alicyclic amines) is 1. The average molecular weight is 592 g/mol. The lowest BCUT2D eigenvalue weighted by atomic mass is 10.0. The van der Waals surface area contributed by atoms with E-state index in [1.54, 1.807) is 48.7 Å². The van der Waals surface area contributed by atoms with E-state index in [4.69, 9.17) is 23.7 Å². The predicted octanol–water partition coefficient (Wildman–Crippen LogP) is 4.12. The minimum absolute atomic E-state index is 0.0108. The lowest BCUT2D eigenvalue weighted by molar-refractivity contribution is -0.156. The van der Waals surface area contributed by atoms with Gasteiger partial charge in [0.05, 0.1) is 19.7 Å². The molecule has 0 radical (unpaired) electrons. The number of carbonyl (C=O) groups excluding carboxylic acids is 3. The second-order valence-corrected chi connectivity index (χ2v) is 13.3. The summed E-state index contributed by atoms with van der Waals surface area (Å²) in [7, 11) is 5.73. The predicted molar refractivity (Wildman–Crippen MR) is 158 cm³/mol. The molecular weight excluding hydrogens is 542 g/mol. The van der Waals surface area contributed by atoms with E-state index in [0.29, 0.717) is 18.6 Å². The molecule has 3 rings (SSSR count). The van der Waals surface area contributed by atoms with Crippen LogP contribution in [0, 0.1) is 0 Å². The fourth-order valence-corrected chi connectivity index (χ4v) is 5.18. The highest BCUT2D eigenvalue weighted by molar-refractivity contribution is 5.72. The first-order valence-corrected chi connectivity index (χ1v) is 14.6. The molecule has 11 nitrogen and oxygen atoms in total. The molecule has 0 aromatic heterocycles. The number of likely N-dealkylation sites (N-methyl/N-ethyl adjacent to an activating group) is 2. The van der Waals surface area contributed by atoms with Crippen molar-refractivity contribution in [1.29, 1.82) is 0 Å². The second kappa shape index (κ2) is 13.9. The number of esters is 1. The van der Waals surface area contributed by atoms with Crippen LogP contribution in [0.25, 0.3) is 0 Å². The van der Waals surface area contributed by atoms with E-state index >= 15 is 0 Å². The van der Waals surface area contributed by atoms with E-state index in [1.165, 1.54) is 4.90 Å². The highest BCUT2D eigenvalue weighted by atomic mass is 16.7. The summed E-state index contributed by atoms with van der Waals surface area (Å²) in [5, 5.41) is 0. The topological polar surface area (TPSA) is 107 Å². The van der Waals surface area contributed by atoms with Crippen LogP contribution in [0.15, 0.2) is 24.3 Å². The van der Waals surface area contributed by atoms with E-state index in [9.17, 15) is 14.4 Å². The average Bonchev–Trinajstić information content (AvgIpc) is 3.19. The molecule has 1 aromatic rings. The molecule has 42 heavy (non-hydrogen) atoms. The number of methoxy groups -OCH3 is 1. The summed E-state index contributed by atoms with van der Waals surface area (Å²) in [4.78, 5) is 45.5. The van der Waals surface area contributed by atoms with E-state index in [0.717, 1.165) is 25.2 Å². The lowest BCUT2D eigenvalue weighted by Gasteiger charge is -2.37. The number of carbonyl (C=O) groups is 3. The minimum atomic E-state index is -0.942. The molecule has 236 valence electrons. The molecule has 2 aliphatic heterocycles. The first-order valence-electron chi connectivity index (χ1n) is 14.6. The zero-order valence-corrected chi connectivity index (χ0v) is 26.7. The summed E-state index contributed by atoms with van der Waals surface area (Å²) in [6.07, 6.45) is -2.18. The van der Waals surface area contributed by atoms with E-state index < -0.39 is 47.7 Å². The smallest absolute Gasteiger partial charge is 0.497 e. The molecule has 2 fully saturated rings. The van der Waals surface area contributed by atoms with Crippen molar-refractivity contribution in [2.75, 3.05) is 47.4 Å². The molecule has 2 aliphatic rings. The number of hydrogen-bond donors (Lipinski definition) is 0. The molecular formula is C31H49N3O8. The summed E-state index contributed by atoms with van der Waals surface area (Å²) in [5.41, 5.74) is -0.647. The SMILES string of the molecule is COc1ccc(C[C@@H]2[C@H](OC(=O)CC[C@H]3CN(C)CCN3C)[C@@H](OC(=O)OC(C)(C)C)CN2C(=O)OC(C)(C)C)cc1. The van der Waals surface area contributed by atoms with Crippen LogP contribution in [0.4, 0.5) is 9.59 Å². The molecule has 0 N–H and O–H groups in total. The third kappa shape index (κ3) is 10.0. The van der Waals surface area contributed by atoms with Gasteiger partial charge < -0.3 is 33.5 Å². The largest absolute Gasteiger partial charge is 0.509 e. The van der Waals surface area contributed by atoms with Crippen molar-refractivity contribution in [2.24, 2.45) is 0 Å². The number of benzene rings is 1. The Kier molecular flexibility index (Phi) is 11.1. The van der Waals surface area contributed by atoms with Gasteiger partial charge in [-0.05, 0) is 86.2 Å². The first kappa shape index (κ1) is 33.5. The minimum Gasteiger partial charge on any atom is -0.497 e. The van der Waals surface area contributed by atoms with E-state index in [2.05, 4.69) is 23.9 Å². The second-order valence-electron chi connectivity index (χ2n) is 13.3. The molecule has 2 saturated heterocycles. The highest BCUT2D eigenvalue weighted by Crippen LogP contribution is 2.31. The maximum Gasteiger partial charge on any atom is 0.509 e. The van der Waals surface area contributed by atoms with Gasteiger partial charge in [0.2, 0.25) is 0 Å². The summed E-state index contributed by atoms with van der Waals surface area (Å²) >= 11 is 0. The Balaban J connectivity index is 1.86. The van der Waals surface area contributed by atoms with Crippen LogP contribution in [0.1, 0.15) is 59.9 Å². The van der Waals surface area contributed by atoms with Crippen LogP contribution in [-0.4, -0.2) is 116 Å². The molecule has 0 aliphatic carbocycles.